The highest BCUT2D eigenvalue weighted by Gasteiger charge is 2.31. The molecule has 0 aliphatic heterocycles. The summed E-state index contributed by atoms with van der Waals surface area (Å²) in [7, 11) is 0. The molecule has 0 spiro atoms. The summed E-state index contributed by atoms with van der Waals surface area (Å²) in [6, 6.07) is 3.37. The topological polar surface area (TPSA) is 40.5 Å². The van der Waals surface area contributed by atoms with E-state index >= 15 is 0 Å². The molecule has 0 saturated heterocycles. The normalized spacial score (nSPS) is 21.5. The maximum absolute atomic E-state index is 10.6. The number of hydrogen-bond acceptors (Lipinski definition) is 2. The second-order valence-corrected chi connectivity index (χ2v) is 7.48. The van der Waals surface area contributed by atoms with Crippen LogP contribution in [0.4, 0.5) is 0 Å². The van der Waals surface area contributed by atoms with E-state index in [4.69, 9.17) is 0 Å². The van der Waals surface area contributed by atoms with Crippen molar-refractivity contribution in [3.05, 3.63) is 34.9 Å². The summed E-state index contributed by atoms with van der Waals surface area (Å²) in [5.74, 6) is 1.84. The fourth-order valence-electron chi connectivity index (χ4n) is 3.97. The van der Waals surface area contributed by atoms with E-state index in [0.29, 0.717) is 11.8 Å². The van der Waals surface area contributed by atoms with Gasteiger partial charge in [0.25, 0.3) is 0 Å². The molecule has 1 aliphatic carbocycles. The molecule has 1 aromatic rings. The number of aromatic hydroxyl groups is 2. The molecule has 2 atom stereocenters. The van der Waals surface area contributed by atoms with Crippen LogP contribution in [0.1, 0.15) is 76.8 Å². The molecule has 2 heteroatoms. The standard InChI is InChI=1S/C21H32O2/c1-5-6-7-8-16-12-17(22)13-20(23)21(16)19-11-15(4)9-10-18(19)14(2)3/h11-14,18-19,22-23H,5-10H2,1-4H3/t18-,19+/m0/s1. The van der Waals surface area contributed by atoms with Crippen LogP contribution in [0.25, 0.3) is 0 Å². The lowest BCUT2D eigenvalue weighted by Crippen LogP contribution is -2.22. The molecule has 0 bridgehead atoms. The minimum atomic E-state index is 0.176. The zero-order valence-electron chi connectivity index (χ0n) is 15.1. The van der Waals surface area contributed by atoms with Crippen molar-refractivity contribution >= 4 is 0 Å². The largest absolute Gasteiger partial charge is 0.508 e. The van der Waals surface area contributed by atoms with Crippen LogP contribution in [0.15, 0.2) is 23.8 Å². The molecule has 2 nitrogen and oxygen atoms in total. The number of aryl methyl sites for hydroxylation is 1. The number of phenolic OH excluding ortho intramolecular Hbond substituents is 2. The van der Waals surface area contributed by atoms with E-state index in [1.165, 1.54) is 30.9 Å². The Labute approximate surface area is 141 Å². The van der Waals surface area contributed by atoms with E-state index < -0.39 is 0 Å². The fourth-order valence-corrected chi connectivity index (χ4v) is 3.97. The Balaban J connectivity index is 2.44. The van der Waals surface area contributed by atoms with Gasteiger partial charge >= 0.3 is 0 Å². The lowest BCUT2D eigenvalue weighted by molar-refractivity contribution is 0.308. The molecule has 2 N–H and O–H groups in total. The highest BCUT2D eigenvalue weighted by atomic mass is 16.3. The van der Waals surface area contributed by atoms with Crippen LogP contribution >= 0.6 is 0 Å². The van der Waals surface area contributed by atoms with Crippen molar-refractivity contribution in [1.29, 1.82) is 0 Å². The Morgan fingerprint density at radius 2 is 1.91 bits per heavy atom. The average Bonchev–Trinajstić information content (AvgIpc) is 2.46. The van der Waals surface area contributed by atoms with Gasteiger partial charge in [-0.05, 0) is 56.1 Å². The van der Waals surface area contributed by atoms with E-state index in [1.807, 2.05) is 6.07 Å². The first-order valence-electron chi connectivity index (χ1n) is 9.16. The molecule has 1 aromatic carbocycles. The summed E-state index contributed by atoms with van der Waals surface area (Å²) in [5.41, 5.74) is 3.59. The van der Waals surface area contributed by atoms with Crippen LogP contribution in [0.3, 0.4) is 0 Å². The Kier molecular flexibility index (Phi) is 6.15. The maximum Gasteiger partial charge on any atom is 0.123 e. The van der Waals surface area contributed by atoms with Crippen LogP contribution in [-0.4, -0.2) is 10.2 Å². The van der Waals surface area contributed by atoms with E-state index in [2.05, 4.69) is 33.8 Å². The highest BCUT2D eigenvalue weighted by molar-refractivity contribution is 5.49. The quantitative estimate of drug-likeness (QED) is 0.504. The zero-order valence-corrected chi connectivity index (χ0v) is 15.1. The lowest BCUT2D eigenvalue weighted by Gasteiger charge is -2.34. The number of phenols is 2. The molecule has 0 saturated carbocycles. The predicted molar refractivity (Wildman–Crippen MR) is 97.1 cm³/mol. The van der Waals surface area contributed by atoms with Crippen LogP contribution in [0.5, 0.6) is 11.5 Å². The van der Waals surface area contributed by atoms with Gasteiger partial charge in [-0.15, -0.1) is 0 Å². The average molecular weight is 316 g/mol. The minimum absolute atomic E-state index is 0.176. The third-order valence-electron chi connectivity index (χ3n) is 5.27. The van der Waals surface area contributed by atoms with Crippen molar-refractivity contribution in [3.8, 4) is 11.5 Å². The zero-order chi connectivity index (χ0) is 17.0. The van der Waals surface area contributed by atoms with Gasteiger partial charge in [0.1, 0.15) is 11.5 Å². The summed E-state index contributed by atoms with van der Waals surface area (Å²) < 4.78 is 0. The van der Waals surface area contributed by atoms with Crippen LogP contribution in [-0.2, 0) is 6.42 Å². The Hall–Kier alpha value is -1.44. The van der Waals surface area contributed by atoms with Crippen molar-refractivity contribution < 1.29 is 10.2 Å². The number of allylic oxidation sites excluding steroid dienone is 2. The van der Waals surface area contributed by atoms with Gasteiger partial charge in [0, 0.05) is 17.5 Å². The van der Waals surface area contributed by atoms with Crippen LogP contribution in [0, 0.1) is 11.8 Å². The SMILES string of the molecule is CCCCCc1cc(O)cc(O)c1[C@@H]1C=C(C)CC[C@H]1C(C)C. The lowest BCUT2D eigenvalue weighted by atomic mass is 9.70. The second kappa shape index (κ2) is 7.90. The smallest absolute Gasteiger partial charge is 0.123 e. The van der Waals surface area contributed by atoms with E-state index in [-0.39, 0.29) is 17.4 Å². The number of benzene rings is 1. The van der Waals surface area contributed by atoms with Gasteiger partial charge in [-0.3, -0.25) is 0 Å². The number of unbranched alkanes of at least 4 members (excludes halogenated alkanes) is 2. The molecule has 0 aromatic heterocycles. The second-order valence-electron chi connectivity index (χ2n) is 7.48. The first kappa shape index (κ1) is 17.9. The summed E-state index contributed by atoms with van der Waals surface area (Å²) in [6.07, 6.45) is 9.08. The predicted octanol–water partition coefficient (Wildman–Crippen LogP) is 5.93. The van der Waals surface area contributed by atoms with Crippen molar-refractivity contribution in [2.75, 3.05) is 0 Å². The van der Waals surface area contributed by atoms with Gasteiger partial charge in [-0.1, -0.05) is 45.3 Å². The van der Waals surface area contributed by atoms with Crippen molar-refractivity contribution in [1.82, 2.24) is 0 Å². The summed E-state index contributed by atoms with van der Waals surface area (Å²) >= 11 is 0. The van der Waals surface area contributed by atoms with Crippen molar-refractivity contribution in [2.45, 2.75) is 72.1 Å². The monoisotopic (exact) mass is 316 g/mol. The van der Waals surface area contributed by atoms with Gasteiger partial charge in [0.2, 0.25) is 0 Å². The number of rotatable bonds is 6. The van der Waals surface area contributed by atoms with Crippen LogP contribution < -0.4 is 0 Å². The Morgan fingerprint density at radius 1 is 1.17 bits per heavy atom. The number of hydrogen-bond donors (Lipinski definition) is 2. The van der Waals surface area contributed by atoms with Crippen molar-refractivity contribution in [2.24, 2.45) is 11.8 Å². The minimum Gasteiger partial charge on any atom is -0.508 e. The molecular weight excluding hydrogens is 284 g/mol. The molecule has 0 radical (unpaired) electrons. The van der Waals surface area contributed by atoms with Gasteiger partial charge in [-0.2, -0.15) is 0 Å². The Morgan fingerprint density at radius 3 is 2.57 bits per heavy atom. The molecular formula is C21H32O2. The third kappa shape index (κ3) is 4.31. The molecule has 0 amide bonds. The molecule has 0 heterocycles. The summed E-state index contributed by atoms with van der Waals surface area (Å²) in [5, 5.41) is 20.5. The first-order valence-corrected chi connectivity index (χ1v) is 9.16. The fraction of sp³-hybridized carbons (Fsp3) is 0.619. The van der Waals surface area contributed by atoms with E-state index in [9.17, 15) is 10.2 Å². The summed E-state index contributed by atoms with van der Waals surface area (Å²) in [6.45, 7) is 8.95. The third-order valence-corrected chi connectivity index (χ3v) is 5.27. The van der Waals surface area contributed by atoms with Gasteiger partial charge < -0.3 is 10.2 Å². The molecule has 23 heavy (non-hydrogen) atoms. The van der Waals surface area contributed by atoms with Gasteiger partial charge in [-0.25, -0.2) is 0 Å². The Bertz CT molecular complexity index is 557. The van der Waals surface area contributed by atoms with E-state index in [0.717, 1.165) is 30.4 Å². The van der Waals surface area contributed by atoms with Gasteiger partial charge in [0.05, 0.1) is 0 Å². The maximum atomic E-state index is 10.6. The van der Waals surface area contributed by atoms with E-state index in [1.54, 1.807) is 0 Å². The molecule has 1 aliphatic rings. The van der Waals surface area contributed by atoms with Crippen molar-refractivity contribution in [3.63, 3.8) is 0 Å². The summed E-state index contributed by atoms with van der Waals surface area (Å²) in [4.78, 5) is 0. The molecule has 0 fully saturated rings. The first-order chi connectivity index (χ1) is 10.9. The van der Waals surface area contributed by atoms with Gasteiger partial charge in [0.15, 0.2) is 0 Å². The molecule has 0 unspecified atom stereocenters. The highest BCUT2D eigenvalue weighted by Crippen LogP contribution is 2.45. The molecule has 2 rings (SSSR count). The van der Waals surface area contributed by atoms with Crippen LogP contribution in [0.2, 0.25) is 0 Å². The molecule has 128 valence electrons.